The van der Waals surface area contributed by atoms with E-state index in [-0.39, 0.29) is 11.3 Å². The number of benzene rings is 1. The Balaban J connectivity index is 1.73. The van der Waals surface area contributed by atoms with Crippen LogP contribution in [0.15, 0.2) is 30.5 Å². The minimum absolute atomic E-state index is 0.0489. The van der Waals surface area contributed by atoms with Gasteiger partial charge in [-0.25, -0.2) is 4.68 Å². The van der Waals surface area contributed by atoms with Crippen molar-refractivity contribution >= 4 is 17.7 Å². The molecule has 1 aromatic carbocycles. The van der Waals surface area contributed by atoms with Gasteiger partial charge in [-0.1, -0.05) is 17.3 Å². The predicted molar refractivity (Wildman–Crippen MR) is 78.3 cm³/mol. The van der Waals surface area contributed by atoms with Crippen LogP contribution in [0.3, 0.4) is 0 Å². The van der Waals surface area contributed by atoms with Crippen LogP contribution in [-0.4, -0.2) is 38.6 Å². The van der Waals surface area contributed by atoms with Gasteiger partial charge in [0.05, 0.1) is 30.1 Å². The molecule has 6 nitrogen and oxygen atoms in total. The Hall–Kier alpha value is -2.33. The smallest absolute Gasteiger partial charge is 0.233 e. The summed E-state index contributed by atoms with van der Waals surface area (Å²) in [6.45, 7) is 0.591. The molecule has 3 rings (SSSR count). The second kappa shape index (κ2) is 5.58. The topological polar surface area (TPSA) is 74.8 Å². The van der Waals surface area contributed by atoms with Gasteiger partial charge in [0.15, 0.2) is 0 Å². The van der Waals surface area contributed by atoms with Gasteiger partial charge in [0.1, 0.15) is 11.1 Å². The molecule has 7 heteroatoms. The molecule has 0 spiro atoms. The van der Waals surface area contributed by atoms with Crippen LogP contribution in [0, 0.1) is 11.3 Å². The highest BCUT2D eigenvalue weighted by atomic mass is 32.2. The number of carbonyl (C=O) groups is 1. The number of amides is 1. The fraction of sp³-hybridized carbons (Fsp3) is 0.286. The Kier molecular flexibility index (Phi) is 3.62. The third-order valence-electron chi connectivity index (χ3n) is 3.35. The number of hydrogen-bond donors (Lipinski definition) is 0. The summed E-state index contributed by atoms with van der Waals surface area (Å²) in [5.74, 6) is 0.607. The second-order valence-electron chi connectivity index (χ2n) is 4.82. The molecule has 106 valence electrons. The maximum Gasteiger partial charge on any atom is 0.233 e. The van der Waals surface area contributed by atoms with Crippen molar-refractivity contribution in [2.75, 3.05) is 12.8 Å². The van der Waals surface area contributed by atoms with Gasteiger partial charge in [0, 0.05) is 7.05 Å². The van der Waals surface area contributed by atoms with Crippen molar-refractivity contribution in [3.05, 3.63) is 47.3 Å². The lowest BCUT2D eigenvalue weighted by Gasteiger charge is -2.15. The number of nitriles is 1. The summed E-state index contributed by atoms with van der Waals surface area (Å²) in [5.41, 5.74) is 2.48. The molecule has 1 amide bonds. The summed E-state index contributed by atoms with van der Waals surface area (Å²) in [5, 5.41) is 17.0. The highest BCUT2D eigenvalue weighted by Crippen LogP contribution is 2.35. The Labute approximate surface area is 126 Å². The number of aromatic nitrogens is 3. The fourth-order valence-electron chi connectivity index (χ4n) is 2.15. The number of thioether (sulfide) groups is 1. The van der Waals surface area contributed by atoms with E-state index in [1.165, 1.54) is 0 Å². The molecule has 0 saturated carbocycles. The van der Waals surface area contributed by atoms with Gasteiger partial charge in [-0.05, 0) is 17.7 Å². The summed E-state index contributed by atoms with van der Waals surface area (Å²) in [6, 6.07) is 9.47. The van der Waals surface area contributed by atoms with Gasteiger partial charge in [-0.3, -0.25) is 4.79 Å². The summed E-state index contributed by atoms with van der Waals surface area (Å²) in [6.07, 6.45) is 1.87. The molecule has 0 radical (unpaired) electrons. The molecule has 1 saturated heterocycles. The predicted octanol–water partition coefficient (Wildman–Crippen LogP) is 1.40. The summed E-state index contributed by atoms with van der Waals surface area (Å²) in [7, 11) is 1.78. The lowest BCUT2D eigenvalue weighted by molar-refractivity contribution is -0.126. The number of hydrogen-bond acceptors (Lipinski definition) is 5. The van der Waals surface area contributed by atoms with Gasteiger partial charge in [0.2, 0.25) is 5.91 Å². The van der Waals surface area contributed by atoms with Crippen molar-refractivity contribution < 1.29 is 4.79 Å². The Morgan fingerprint density at radius 3 is 2.81 bits per heavy atom. The lowest BCUT2D eigenvalue weighted by Crippen LogP contribution is -2.23. The molecule has 2 heterocycles. The van der Waals surface area contributed by atoms with E-state index in [0.29, 0.717) is 17.9 Å². The second-order valence-corrected chi connectivity index (χ2v) is 5.89. The molecule has 0 bridgehead atoms. The monoisotopic (exact) mass is 299 g/mol. The van der Waals surface area contributed by atoms with Crippen molar-refractivity contribution in [2.24, 2.45) is 0 Å². The van der Waals surface area contributed by atoms with Gasteiger partial charge in [-0.15, -0.1) is 16.9 Å². The van der Waals surface area contributed by atoms with Crippen LogP contribution in [0.1, 0.15) is 22.2 Å². The maximum atomic E-state index is 11.5. The van der Waals surface area contributed by atoms with Crippen LogP contribution in [0.5, 0.6) is 0 Å². The molecule has 1 atom stereocenters. The van der Waals surface area contributed by atoms with Crippen molar-refractivity contribution in [1.29, 1.82) is 5.26 Å². The van der Waals surface area contributed by atoms with E-state index in [0.717, 1.165) is 11.3 Å². The van der Waals surface area contributed by atoms with Gasteiger partial charge in [0.25, 0.3) is 0 Å². The van der Waals surface area contributed by atoms with E-state index in [1.807, 2.05) is 18.3 Å². The molecular weight excluding hydrogens is 286 g/mol. The van der Waals surface area contributed by atoms with E-state index in [4.69, 9.17) is 5.26 Å². The average Bonchev–Trinajstić information content (AvgIpc) is 3.08. The van der Waals surface area contributed by atoms with E-state index in [2.05, 4.69) is 16.4 Å². The zero-order chi connectivity index (χ0) is 14.8. The molecule has 1 unspecified atom stereocenters. The van der Waals surface area contributed by atoms with Crippen LogP contribution in [0.2, 0.25) is 0 Å². The molecule has 0 N–H and O–H groups in total. The maximum absolute atomic E-state index is 11.5. The van der Waals surface area contributed by atoms with Gasteiger partial charge >= 0.3 is 0 Å². The Morgan fingerprint density at radius 2 is 2.19 bits per heavy atom. The van der Waals surface area contributed by atoms with Crippen LogP contribution in [0.25, 0.3) is 0 Å². The minimum Gasteiger partial charge on any atom is -0.327 e. The molecule has 1 aliphatic rings. The highest BCUT2D eigenvalue weighted by Gasteiger charge is 2.31. The highest BCUT2D eigenvalue weighted by molar-refractivity contribution is 8.00. The van der Waals surface area contributed by atoms with Crippen molar-refractivity contribution in [1.82, 2.24) is 19.9 Å². The first-order chi connectivity index (χ1) is 10.2. The Morgan fingerprint density at radius 1 is 1.43 bits per heavy atom. The van der Waals surface area contributed by atoms with E-state index in [9.17, 15) is 4.79 Å². The largest absolute Gasteiger partial charge is 0.327 e. The molecule has 1 aliphatic heterocycles. The van der Waals surface area contributed by atoms with Gasteiger partial charge < -0.3 is 4.90 Å². The third-order valence-corrected chi connectivity index (χ3v) is 4.63. The van der Waals surface area contributed by atoms with Crippen LogP contribution < -0.4 is 0 Å². The zero-order valence-electron chi connectivity index (χ0n) is 11.4. The standard InChI is InChI=1S/C14H13N5OS/c1-18-13(20)9-21-14(18)12-8-19(17-16-12)7-11-4-2-10(6-15)3-5-11/h2-5,8,14H,7,9H2,1H3. The summed E-state index contributed by atoms with van der Waals surface area (Å²) < 4.78 is 1.74. The van der Waals surface area contributed by atoms with E-state index >= 15 is 0 Å². The van der Waals surface area contributed by atoms with Gasteiger partial charge in [-0.2, -0.15) is 5.26 Å². The molecule has 21 heavy (non-hydrogen) atoms. The summed E-state index contributed by atoms with van der Waals surface area (Å²) >= 11 is 1.56. The normalized spacial score (nSPS) is 18.0. The molecule has 0 aliphatic carbocycles. The quantitative estimate of drug-likeness (QED) is 0.856. The fourth-order valence-corrected chi connectivity index (χ4v) is 3.28. The lowest BCUT2D eigenvalue weighted by atomic mass is 10.1. The van der Waals surface area contributed by atoms with E-state index in [1.54, 1.807) is 40.5 Å². The van der Waals surface area contributed by atoms with Crippen LogP contribution in [0.4, 0.5) is 0 Å². The van der Waals surface area contributed by atoms with Crippen LogP contribution in [-0.2, 0) is 11.3 Å². The molecule has 2 aromatic rings. The first-order valence-electron chi connectivity index (χ1n) is 6.43. The number of nitrogens with zero attached hydrogens (tertiary/aromatic N) is 5. The zero-order valence-corrected chi connectivity index (χ0v) is 12.2. The average molecular weight is 299 g/mol. The first-order valence-corrected chi connectivity index (χ1v) is 7.48. The summed E-state index contributed by atoms with van der Waals surface area (Å²) in [4.78, 5) is 13.2. The van der Waals surface area contributed by atoms with Crippen molar-refractivity contribution in [2.45, 2.75) is 11.9 Å². The van der Waals surface area contributed by atoms with Crippen LogP contribution >= 0.6 is 11.8 Å². The van der Waals surface area contributed by atoms with E-state index < -0.39 is 0 Å². The minimum atomic E-state index is -0.0489. The van der Waals surface area contributed by atoms with Crippen molar-refractivity contribution in [3.8, 4) is 6.07 Å². The molecule has 1 fully saturated rings. The van der Waals surface area contributed by atoms with Crippen molar-refractivity contribution in [3.63, 3.8) is 0 Å². The first kappa shape index (κ1) is 13.6. The SMILES string of the molecule is CN1C(=O)CSC1c1cn(Cc2ccc(C#N)cc2)nn1. The molecule has 1 aromatic heterocycles. The number of carbonyl (C=O) groups excluding carboxylic acids is 1. The Bertz CT molecular complexity index is 703. The third kappa shape index (κ3) is 2.76. The molecular formula is C14H13N5OS. The number of rotatable bonds is 3.